The van der Waals surface area contributed by atoms with Crippen molar-refractivity contribution in [3.05, 3.63) is 51.0 Å². The maximum atomic E-state index is 12.0. The van der Waals surface area contributed by atoms with Gasteiger partial charge >= 0.3 is 0 Å². The molecule has 0 heterocycles. The van der Waals surface area contributed by atoms with E-state index in [1.807, 2.05) is 0 Å². The van der Waals surface area contributed by atoms with Crippen molar-refractivity contribution in [1.29, 1.82) is 0 Å². The number of aromatic hydroxyl groups is 2. The van der Waals surface area contributed by atoms with Gasteiger partial charge in [-0.2, -0.15) is 0 Å². The van der Waals surface area contributed by atoms with E-state index < -0.39 is 11.7 Å². The molecule has 7 heteroatoms. The Balaban J connectivity index is 2.30. The van der Waals surface area contributed by atoms with Gasteiger partial charge in [0, 0.05) is 10.6 Å². The quantitative estimate of drug-likeness (QED) is 0.718. The van der Waals surface area contributed by atoms with Gasteiger partial charge in [-0.25, -0.2) is 0 Å². The average Bonchev–Trinajstić information content (AvgIpc) is 2.36. The zero-order valence-electron chi connectivity index (χ0n) is 9.82. The first-order chi connectivity index (χ1) is 9.38. The Hall–Kier alpha value is -1.62. The van der Waals surface area contributed by atoms with Crippen LogP contribution in [0.2, 0.25) is 15.1 Å². The van der Waals surface area contributed by atoms with E-state index >= 15 is 0 Å². The first-order valence-corrected chi connectivity index (χ1v) is 6.49. The molecule has 0 radical (unpaired) electrons. The Kier molecular flexibility index (Phi) is 4.28. The molecule has 0 saturated heterocycles. The number of rotatable bonds is 2. The molecule has 0 aliphatic rings. The Labute approximate surface area is 129 Å². The Morgan fingerprint density at radius 2 is 1.55 bits per heavy atom. The normalized spacial score (nSPS) is 10.3. The van der Waals surface area contributed by atoms with Gasteiger partial charge in [-0.3, -0.25) is 4.79 Å². The SMILES string of the molecule is O=C(Nc1c(Cl)cc(Cl)cc1Cl)c1ccc(O)c(O)c1. The lowest BCUT2D eigenvalue weighted by molar-refractivity contribution is 0.102. The fourth-order valence-corrected chi connectivity index (χ4v) is 2.42. The number of hydrogen-bond acceptors (Lipinski definition) is 3. The van der Waals surface area contributed by atoms with E-state index in [1.165, 1.54) is 24.3 Å². The van der Waals surface area contributed by atoms with Crippen LogP contribution < -0.4 is 5.32 Å². The summed E-state index contributed by atoms with van der Waals surface area (Å²) < 4.78 is 0. The topological polar surface area (TPSA) is 69.6 Å². The second-order valence-electron chi connectivity index (χ2n) is 3.90. The molecule has 0 atom stereocenters. The summed E-state index contributed by atoms with van der Waals surface area (Å²) in [5.74, 6) is -1.25. The van der Waals surface area contributed by atoms with Crippen molar-refractivity contribution in [3.63, 3.8) is 0 Å². The van der Waals surface area contributed by atoms with Gasteiger partial charge in [0.1, 0.15) is 0 Å². The monoisotopic (exact) mass is 331 g/mol. The maximum absolute atomic E-state index is 12.0. The number of hydrogen-bond donors (Lipinski definition) is 3. The highest BCUT2D eigenvalue weighted by Gasteiger charge is 2.14. The Bertz CT molecular complexity index is 666. The third-order valence-electron chi connectivity index (χ3n) is 2.48. The van der Waals surface area contributed by atoms with Crippen molar-refractivity contribution in [2.45, 2.75) is 0 Å². The molecule has 0 spiro atoms. The van der Waals surface area contributed by atoms with Crippen LogP contribution in [0, 0.1) is 0 Å². The zero-order chi connectivity index (χ0) is 14.9. The first kappa shape index (κ1) is 14.8. The summed E-state index contributed by atoms with van der Waals surface area (Å²) in [6.45, 7) is 0. The van der Waals surface area contributed by atoms with E-state index in [-0.39, 0.29) is 27.0 Å². The molecule has 20 heavy (non-hydrogen) atoms. The first-order valence-electron chi connectivity index (χ1n) is 5.36. The number of carbonyl (C=O) groups is 1. The average molecular weight is 333 g/mol. The van der Waals surface area contributed by atoms with Crippen LogP contribution in [0.5, 0.6) is 11.5 Å². The van der Waals surface area contributed by atoms with Crippen molar-refractivity contribution >= 4 is 46.4 Å². The molecule has 2 aromatic carbocycles. The van der Waals surface area contributed by atoms with E-state index in [0.29, 0.717) is 5.02 Å². The van der Waals surface area contributed by atoms with Crippen LogP contribution in [0.15, 0.2) is 30.3 Å². The van der Waals surface area contributed by atoms with Gasteiger partial charge < -0.3 is 15.5 Å². The fourth-order valence-electron chi connectivity index (χ4n) is 1.51. The predicted octanol–water partition coefficient (Wildman–Crippen LogP) is 4.31. The lowest BCUT2D eigenvalue weighted by atomic mass is 10.2. The summed E-state index contributed by atoms with van der Waals surface area (Å²) in [6.07, 6.45) is 0. The van der Waals surface area contributed by atoms with Crippen molar-refractivity contribution < 1.29 is 15.0 Å². The number of carbonyl (C=O) groups excluding carboxylic acids is 1. The molecule has 0 aromatic heterocycles. The third kappa shape index (κ3) is 3.10. The van der Waals surface area contributed by atoms with Gasteiger partial charge in [0.2, 0.25) is 0 Å². The minimum absolute atomic E-state index is 0.141. The van der Waals surface area contributed by atoms with E-state index in [1.54, 1.807) is 0 Å². The lowest BCUT2D eigenvalue weighted by Crippen LogP contribution is -2.12. The smallest absolute Gasteiger partial charge is 0.255 e. The number of nitrogens with one attached hydrogen (secondary N) is 1. The van der Waals surface area contributed by atoms with E-state index in [0.717, 1.165) is 6.07 Å². The summed E-state index contributed by atoms with van der Waals surface area (Å²) in [7, 11) is 0. The highest BCUT2D eigenvalue weighted by molar-refractivity contribution is 6.42. The van der Waals surface area contributed by atoms with Crippen LogP contribution in [0.1, 0.15) is 10.4 Å². The molecule has 2 rings (SSSR count). The van der Waals surface area contributed by atoms with Crippen molar-refractivity contribution in [3.8, 4) is 11.5 Å². The van der Waals surface area contributed by atoms with Gasteiger partial charge in [-0.15, -0.1) is 0 Å². The molecule has 0 unspecified atom stereocenters. The number of halogens is 3. The molecule has 4 nitrogen and oxygen atoms in total. The summed E-state index contributed by atoms with van der Waals surface area (Å²) in [5, 5.41) is 21.8. The summed E-state index contributed by atoms with van der Waals surface area (Å²) in [4.78, 5) is 12.0. The van der Waals surface area contributed by atoms with Crippen LogP contribution in [-0.2, 0) is 0 Å². The molecule has 104 valence electrons. The largest absolute Gasteiger partial charge is 0.504 e. The van der Waals surface area contributed by atoms with Crippen LogP contribution in [0.4, 0.5) is 5.69 Å². The predicted molar refractivity (Wildman–Crippen MR) is 79.2 cm³/mol. The minimum Gasteiger partial charge on any atom is -0.504 e. The van der Waals surface area contributed by atoms with E-state index in [2.05, 4.69) is 5.32 Å². The molecule has 2 aromatic rings. The fraction of sp³-hybridized carbons (Fsp3) is 0. The van der Waals surface area contributed by atoms with Gasteiger partial charge in [-0.05, 0) is 30.3 Å². The highest BCUT2D eigenvalue weighted by Crippen LogP contribution is 2.34. The van der Waals surface area contributed by atoms with Crippen LogP contribution in [0.25, 0.3) is 0 Å². The van der Waals surface area contributed by atoms with Gasteiger partial charge in [0.05, 0.1) is 15.7 Å². The second-order valence-corrected chi connectivity index (χ2v) is 5.15. The molecular formula is C13H8Cl3NO3. The molecule has 0 saturated carbocycles. The van der Waals surface area contributed by atoms with Crippen LogP contribution >= 0.6 is 34.8 Å². The molecule has 0 aliphatic carbocycles. The van der Waals surface area contributed by atoms with Gasteiger partial charge in [0.25, 0.3) is 5.91 Å². The van der Waals surface area contributed by atoms with Gasteiger partial charge in [0.15, 0.2) is 11.5 Å². The summed E-state index contributed by atoms with van der Waals surface area (Å²) in [6, 6.07) is 6.57. The summed E-state index contributed by atoms with van der Waals surface area (Å²) >= 11 is 17.7. The number of anilines is 1. The van der Waals surface area contributed by atoms with Crippen molar-refractivity contribution in [2.24, 2.45) is 0 Å². The molecule has 0 fully saturated rings. The lowest BCUT2D eigenvalue weighted by Gasteiger charge is -2.10. The van der Waals surface area contributed by atoms with Crippen molar-refractivity contribution in [2.75, 3.05) is 5.32 Å². The molecule has 0 bridgehead atoms. The molecule has 1 amide bonds. The Morgan fingerprint density at radius 3 is 2.10 bits per heavy atom. The number of amides is 1. The number of benzene rings is 2. The second kappa shape index (κ2) is 5.79. The van der Waals surface area contributed by atoms with Crippen LogP contribution in [0.3, 0.4) is 0 Å². The highest BCUT2D eigenvalue weighted by atomic mass is 35.5. The standard InChI is InChI=1S/C13H8Cl3NO3/c14-7-4-8(15)12(9(16)5-7)17-13(20)6-1-2-10(18)11(19)3-6/h1-5,18-19H,(H,17,20). The summed E-state index contributed by atoms with van der Waals surface area (Å²) in [5.41, 5.74) is 0.359. The van der Waals surface area contributed by atoms with E-state index in [9.17, 15) is 15.0 Å². The Morgan fingerprint density at radius 1 is 0.950 bits per heavy atom. The third-order valence-corrected chi connectivity index (χ3v) is 3.30. The molecule has 0 aliphatic heterocycles. The zero-order valence-corrected chi connectivity index (χ0v) is 12.1. The molecular weight excluding hydrogens is 325 g/mol. The van der Waals surface area contributed by atoms with Crippen molar-refractivity contribution in [1.82, 2.24) is 0 Å². The maximum Gasteiger partial charge on any atom is 0.255 e. The number of phenolic OH excluding ortho intramolecular Hbond substituents is 2. The minimum atomic E-state index is -0.536. The number of phenols is 2. The van der Waals surface area contributed by atoms with Crippen LogP contribution in [-0.4, -0.2) is 16.1 Å². The van der Waals surface area contributed by atoms with E-state index in [4.69, 9.17) is 34.8 Å². The van der Waals surface area contributed by atoms with Gasteiger partial charge in [-0.1, -0.05) is 34.8 Å². The molecule has 3 N–H and O–H groups in total.